The number of fused-ring (bicyclic) bond motifs is 16. The van der Waals surface area contributed by atoms with Gasteiger partial charge in [-0.3, -0.25) is 0 Å². The number of nitrogens with one attached hydrogen (secondary N) is 1. The topological polar surface area (TPSA) is 30.1 Å². The first kappa shape index (κ1) is 42.1. The second kappa shape index (κ2) is 13.5. The summed E-state index contributed by atoms with van der Waals surface area (Å²) in [4.78, 5) is 0. The maximum absolute atomic E-state index is 6.60. The van der Waals surface area contributed by atoms with Crippen molar-refractivity contribution >= 4 is 73.3 Å². The summed E-state index contributed by atoms with van der Waals surface area (Å²) >= 11 is 0. The Balaban J connectivity index is 1.07. The average Bonchev–Trinajstić information content (AvgIpc) is 4.01. The molecule has 0 saturated heterocycles. The van der Waals surface area contributed by atoms with Gasteiger partial charge in [0.15, 0.2) is 7.28 Å². The lowest BCUT2D eigenvalue weighted by molar-refractivity contribution is 0.331. The fourth-order valence-electron chi connectivity index (χ4n) is 13.7. The molecule has 3 nitrogen and oxygen atoms in total. The van der Waals surface area contributed by atoms with Crippen molar-refractivity contribution in [1.29, 1.82) is 0 Å². The molecule has 10 aromatic rings. The number of benzene rings is 8. The van der Waals surface area contributed by atoms with Gasteiger partial charge in [-0.25, -0.2) is 0 Å². The van der Waals surface area contributed by atoms with Crippen molar-refractivity contribution in [3.63, 3.8) is 0 Å². The highest BCUT2D eigenvalue weighted by atomic mass is 16.3. The first-order chi connectivity index (χ1) is 33.3. The summed E-state index contributed by atoms with van der Waals surface area (Å²) in [5.41, 5.74) is 27.9. The molecule has 343 valence electrons. The van der Waals surface area contributed by atoms with Crippen LogP contribution in [0.5, 0.6) is 0 Å². The molecule has 1 radical (unpaired) electrons. The van der Waals surface area contributed by atoms with Gasteiger partial charge in [0.2, 0.25) is 0 Å². The molecular weight excluding hydrogens is 848 g/mol. The van der Waals surface area contributed by atoms with Crippen molar-refractivity contribution < 1.29 is 4.42 Å². The molecule has 0 unspecified atom stereocenters. The summed E-state index contributed by atoms with van der Waals surface area (Å²) in [6, 6.07) is 51.3. The molecule has 8 aromatic carbocycles. The van der Waals surface area contributed by atoms with Gasteiger partial charge >= 0.3 is 0 Å². The molecule has 70 heavy (non-hydrogen) atoms. The molecule has 4 heteroatoms. The molecule has 0 bridgehead atoms. The van der Waals surface area contributed by atoms with Crippen LogP contribution in [0.4, 0.5) is 11.4 Å². The van der Waals surface area contributed by atoms with Crippen LogP contribution in [0, 0.1) is 0 Å². The predicted octanol–water partition coefficient (Wildman–Crippen LogP) is 16.3. The Labute approximate surface area is 413 Å². The van der Waals surface area contributed by atoms with E-state index in [0.29, 0.717) is 0 Å². The fourth-order valence-corrected chi connectivity index (χ4v) is 13.7. The highest BCUT2D eigenvalue weighted by Crippen LogP contribution is 2.57. The average molecular weight is 908 g/mol. The zero-order valence-corrected chi connectivity index (χ0v) is 42.5. The van der Waals surface area contributed by atoms with Gasteiger partial charge in [0, 0.05) is 60.5 Å². The third kappa shape index (κ3) is 5.54. The van der Waals surface area contributed by atoms with Crippen LogP contribution in [0.25, 0.3) is 82.8 Å². The van der Waals surface area contributed by atoms with Gasteiger partial charge in [0.1, 0.15) is 11.2 Å². The Bertz CT molecular complexity index is 3970. The van der Waals surface area contributed by atoms with Crippen LogP contribution >= 0.6 is 0 Å². The summed E-state index contributed by atoms with van der Waals surface area (Å²) in [5.74, 6) is 0. The summed E-state index contributed by atoms with van der Waals surface area (Å²) in [7, 11) is 2.51. The normalized spacial score (nSPS) is 17.2. The number of nitrogens with zero attached hydrogens (tertiary/aromatic N) is 1. The molecule has 1 aliphatic heterocycles. The Morgan fingerprint density at radius 3 is 1.94 bits per heavy atom. The van der Waals surface area contributed by atoms with E-state index in [1.54, 1.807) is 0 Å². The number of aromatic nitrogens is 1. The van der Waals surface area contributed by atoms with Gasteiger partial charge in [-0.1, -0.05) is 160 Å². The van der Waals surface area contributed by atoms with Crippen molar-refractivity contribution in [1.82, 2.24) is 4.57 Å². The van der Waals surface area contributed by atoms with E-state index in [1.807, 2.05) is 0 Å². The Kier molecular flexibility index (Phi) is 8.15. The second-order valence-corrected chi connectivity index (χ2v) is 24.7. The zero-order valence-electron chi connectivity index (χ0n) is 42.5. The molecule has 1 N–H and O–H groups in total. The summed E-state index contributed by atoms with van der Waals surface area (Å²) in [5, 5.41) is 8.88. The van der Waals surface area contributed by atoms with E-state index in [4.69, 9.17) is 4.42 Å². The van der Waals surface area contributed by atoms with Crippen molar-refractivity contribution in [3.8, 4) is 39.1 Å². The number of para-hydroxylation sites is 1. The van der Waals surface area contributed by atoms with Crippen molar-refractivity contribution in [2.24, 2.45) is 0 Å². The standard InChI is InChI=1S/C66H60BN2O/c1-62(2,3)36-20-22-37(23-21-36)68-53-34-48-42(43-31-50-51(33-47(43)66(48,10)11)64(6,7)29-28-63(50,4)5)30-45(53)39-24-25-41-58-54(26-27-57-59(58)40-17-13-15-19-56(40)70-57)69-55-35-49-44(32-52(55)67-60(39)61(41)69)38-16-12-14-18-46(38)65(49,8)9/h12-27,30-35,68H,28-29H2,1-11H3. The minimum atomic E-state index is -0.193. The first-order valence-electron chi connectivity index (χ1n) is 25.6. The van der Waals surface area contributed by atoms with Gasteiger partial charge < -0.3 is 14.3 Å². The van der Waals surface area contributed by atoms with Gasteiger partial charge in [-0.05, 0) is 156 Å². The molecule has 0 spiro atoms. The zero-order chi connectivity index (χ0) is 48.2. The van der Waals surface area contributed by atoms with E-state index in [9.17, 15) is 0 Å². The Morgan fingerprint density at radius 2 is 1.17 bits per heavy atom. The monoisotopic (exact) mass is 907 g/mol. The van der Waals surface area contributed by atoms with E-state index < -0.39 is 0 Å². The molecule has 0 atom stereocenters. The number of hydrogen-bond acceptors (Lipinski definition) is 2. The lowest BCUT2D eigenvalue weighted by Gasteiger charge is -2.42. The van der Waals surface area contributed by atoms with Crippen molar-refractivity contribution in [2.45, 2.75) is 116 Å². The molecule has 2 aromatic heterocycles. The molecule has 0 fully saturated rings. The van der Waals surface area contributed by atoms with E-state index in [-0.39, 0.29) is 27.1 Å². The van der Waals surface area contributed by atoms with Crippen LogP contribution in [-0.4, -0.2) is 11.8 Å². The maximum Gasteiger partial charge on any atom is 0.197 e. The highest BCUT2D eigenvalue weighted by Gasteiger charge is 2.44. The summed E-state index contributed by atoms with van der Waals surface area (Å²) in [6.45, 7) is 26.4. The van der Waals surface area contributed by atoms with E-state index in [1.165, 1.54) is 129 Å². The summed E-state index contributed by atoms with van der Waals surface area (Å²) in [6.07, 6.45) is 2.38. The number of hydrogen-bond donors (Lipinski definition) is 1. The quantitative estimate of drug-likeness (QED) is 0.179. The molecule has 14 rings (SSSR count). The van der Waals surface area contributed by atoms with E-state index in [2.05, 4.69) is 227 Å². The van der Waals surface area contributed by atoms with E-state index in [0.717, 1.165) is 27.9 Å². The van der Waals surface area contributed by atoms with Gasteiger partial charge in [-0.15, -0.1) is 0 Å². The molecule has 3 heterocycles. The number of furan rings is 1. The van der Waals surface area contributed by atoms with Crippen LogP contribution in [0.3, 0.4) is 0 Å². The van der Waals surface area contributed by atoms with Crippen LogP contribution in [0.2, 0.25) is 0 Å². The largest absolute Gasteiger partial charge is 0.456 e. The summed E-state index contributed by atoms with van der Waals surface area (Å²) < 4.78 is 9.20. The fraction of sp³-hybridized carbons (Fsp3) is 0.273. The van der Waals surface area contributed by atoms with Gasteiger partial charge in [-0.2, -0.15) is 0 Å². The molecular formula is C66H60BN2O. The van der Waals surface area contributed by atoms with E-state index >= 15 is 0 Å². The minimum absolute atomic E-state index is 0.0598. The van der Waals surface area contributed by atoms with Gasteiger partial charge in [0.05, 0.1) is 5.52 Å². The first-order valence-corrected chi connectivity index (χ1v) is 25.6. The number of rotatable bonds is 3. The van der Waals surface area contributed by atoms with Crippen molar-refractivity contribution in [3.05, 3.63) is 172 Å². The smallest absolute Gasteiger partial charge is 0.197 e. The van der Waals surface area contributed by atoms with Crippen molar-refractivity contribution in [2.75, 3.05) is 5.32 Å². The minimum Gasteiger partial charge on any atom is -0.456 e. The van der Waals surface area contributed by atoms with Crippen LogP contribution < -0.4 is 16.2 Å². The molecule has 0 amide bonds. The maximum atomic E-state index is 6.60. The lowest BCUT2D eigenvalue weighted by atomic mass is 9.58. The highest BCUT2D eigenvalue weighted by molar-refractivity contribution is 6.73. The Morgan fingerprint density at radius 1 is 0.514 bits per heavy atom. The predicted molar refractivity (Wildman–Crippen MR) is 297 cm³/mol. The SMILES string of the molecule is CC(C)(C)c1ccc(Nc2cc3c(cc2-c2ccc4c5c6c(ccc5n5c4c2[B]c2cc4c(cc2-5)C(C)(C)c2ccccc2-4)oc2ccccc26)-c2cc4c(cc2C3(C)C)C(C)(C)CCC4(C)C)cc1. The third-order valence-corrected chi connectivity index (χ3v) is 17.8. The second-order valence-electron chi connectivity index (χ2n) is 24.7. The van der Waals surface area contributed by atoms with Crippen LogP contribution in [0.1, 0.15) is 128 Å². The Hall–Kier alpha value is -6.78. The lowest BCUT2D eigenvalue weighted by Crippen LogP contribution is -2.37. The molecule has 0 saturated carbocycles. The number of anilines is 2. The van der Waals surface area contributed by atoms with Gasteiger partial charge in [0.25, 0.3) is 0 Å². The van der Waals surface area contributed by atoms with Crippen LogP contribution in [0.15, 0.2) is 138 Å². The molecule has 4 aliphatic rings. The van der Waals surface area contributed by atoms with Crippen LogP contribution in [-0.2, 0) is 27.1 Å². The third-order valence-electron chi connectivity index (χ3n) is 17.8. The molecule has 3 aliphatic carbocycles.